The minimum Gasteiger partial charge on any atom is -0.389 e. The molecule has 0 aliphatic rings. The lowest BCUT2D eigenvalue weighted by molar-refractivity contribution is -1.20. The molecule has 0 fully saturated rings. The molecule has 0 aromatic heterocycles. The van der Waals surface area contributed by atoms with Crippen molar-refractivity contribution in [3.63, 3.8) is 0 Å². The summed E-state index contributed by atoms with van der Waals surface area (Å²) < 4.78 is -1.44. The minimum atomic E-state index is -2.21. The van der Waals surface area contributed by atoms with Gasteiger partial charge in [-0.05, 0) is 146 Å². The van der Waals surface area contributed by atoms with Crippen molar-refractivity contribution >= 4 is 171 Å². The molecule has 2 aromatic rings. The van der Waals surface area contributed by atoms with Gasteiger partial charge in [0.05, 0.1) is 35.2 Å². The molecular weight excluding hydrogens is 1540 g/mol. The highest BCUT2D eigenvalue weighted by Crippen LogP contribution is 2.38. The van der Waals surface area contributed by atoms with Crippen molar-refractivity contribution in [2.45, 2.75) is 85.7 Å². The summed E-state index contributed by atoms with van der Waals surface area (Å²) in [5.41, 5.74) is -2.11. The van der Waals surface area contributed by atoms with Crippen molar-refractivity contribution in [3.8, 4) is 11.5 Å². The Balaban J connectivity index is 2.81. The number of rotatable bonds is 18. The number of hydroxylamine groups is 20. The van der Waals surface area contributed by atoms with Crippen LogP contribution in [0.5, 0.6) is 11.5 Å². The van der Waals surface area contributed by atoms with E-state index in [-0.39, 0.29) is 23.1 Å². The van der Waals surface area contributed by atoms with E-state index in [1.165, 1.54) is 55.4 Å². The van der Waals surface area contributed by atoms with E-state index >= 15 is 0 Å². The molecule has 0 saturated carbocycles. The van der Waals surface area contributed by atoms with Gasteiger partial charge in [0.15, 0.2) is 35.7 Å². The van der Waals surface area contributed by atoms with Gasteiger partial charge in [0, 0.05) is 38.5 Å². The number of benzene rings is 2. The number of carbonyl (C=O) groups excluding carboxylic acids is 6. The maximum Gasteiger partial charge on any atom is 0.413 e. The van der Waals surface area contributed by atoms with Crippen molar-refractivity contribution < 1.29 is 104 Å². The predicted molar refractivity (Wildman–Crippen MR) is 265 cm³/mol. The second kappa shape index (κ2) is 23.4. The molecule has 0 radical (unpaired) electrons. The summed E-state index contributed by atoms with van der Waals surface area (Å²) in [6.45, 7) is 8.88. The first-order chi connectivity index (χ1) is 29.1. The molecular formula is C35H48I6N6O17+4. The van der Waals surface area contributed by atoms with E-state index in [1.54, 1.807) is 136 Å². The van der Waals surface area contributed by atoms with Crippen LogP contribution in [0, 0.1) is 14.3 Å². The Morgan fingerprint density at radius 3 is 0.984 bits per heavy atom. The molecule has 0 aliphatic carbocycles. The lowest BCUT2D eigenvalue weighted by Gasteiger charge is -2.30. The molecule has 9 N–H and O–H groups in total. The Morgan fingerprint density at radius 1 is 0.500 bits per heavy atom. The van der Waals surface area contributed by atoms with E-state index in [0.29, 0.717) is 10.1 Å². The summed E-state index contributed by atoms with van der Waals surface area (Å²) in [5, 5.41) is 98.3. The molecule has 6 amide bonds. The van der Waals surface area contributed by atoms with Crippen molar-refractivity contribution in [2.75, 3.05) is 21.9 Å². The second-order valence-electron chi connectivity index (χ2n) is 15.1. The first kappa shape index (κ1) is 59.6. The van der Waals surface area contributed by atoms with Crippen LogP contribution >= 0.6 is 136 Å². The van der Waals surface area contributed by atoms with E-state index in [0.717, 1.165) is 12.1 Å². The lowest BCUT2D eigenvalue weighted by Crippen LogP contribution is -2.53. The van der Waals surface area contributed by atoms with Crippen molar-refractivity contribution in [1.29, 1.82) is 0 Å². The molecule has 0 saturated heterocycles. The number of hydrogen-bond acceptors (Lipinski definition) is 17. The highest BCUT2D eigenvalue weighted by atomic mass is 127. The van der Waals surface area contributed by atoms with Crippen LogP contribution in [0.2, 0.25) is 0 Å². The van der Waals surface area contributed by atoms with Crippen LogP contribution in [0.25, 0.3) is 0 Å². The number of amides is 6. The average molecular weight is 1590 g/mol. The molecule has 2 aromatic carbocycles. The number of carbonyl (C=O) groups is 6. The van der Waals surface area contributed by atoms with Crippen molar-refractivity contribution in [3.05, 3.63) is 48.7 Å². The van der Waals surface area contributed by atoms with Gasteiger partial charge in [-0.15, -0.1) is 0 Å². The highest BCUT2D eigenvalue weighted by molar-refractivity contribution is 14.1. The SMILES string of the molecule is CC(C)[N+](O)(O)C(=O)c1cc(ON(CC(O)CN(Oc2cc(C(=O)[N+](O)(O)C(C)C)c(I)c(C(=O)[N+](O)(O)C(C)C)c2I)C(=O)CI)C(=O)CI)c(I)c(C(=O)[N+](O)(O)C(C)C)c1I. The number of aliphatic hydroxyl groups is 1. The Labute approximate surface area is 448 Å². The summed E-state index contributed by atoms with van der Waals surface area (Å²) in [5.74, 6) is -8.04. The van der Waals surface area contributed by atoms with Gasteiger partial charge in [0.2, 0.25) is 0 Å². The quantitative estimate of drug-likeness (QED) is 0.0278. The van der Waals surface area contributed by atoms with Gasteiger partial charge in [-0.1, -0.05) is 45.2 Å². The molecule has 0 unspecified atom stereocenters. The number of aliphatic hydroxyl groups excluding tert-OH is 1. The average Bonchev–Trinajstić information content (AvgIpc) is 3.20. The zero-order chi connectivity index (χ0) is 49.9. The smallest absolute Gasteiger partial charge is 0.389 e. The maximum absolute atomic E-state index is 13.7. The summed E-state index contributed by atoms with van der Waals surface area (Å²) in [6.07, 6.45) is -1.79. The van der Waals surface area contributed by atoms with Gasteiger partial charge in [-0.25, -0.2) is 19.2 Å². The molecule has 358 valence electrons. The third-order valence-electron chi connectivity index (χ3n) is 9.25. The highest BCUT2D eigenvalue weighted by Gasteiger charge is 2.49. The summed E-state index contributed by atoms with van der Waals surface area (Å²) in [7, 11) is 0. The van der Waals surface area contributed by atoms with E-state index in [1.807, 2.05) is 0 Å². The van der Waals surface area contributed by atoms with E-state index < -0.39 is 132 Å². The minimum absolute atomic E-state index is 0.181. The van der Waals surface area contributed by atoms with Crippen LogP contribution in [0.15, 0.2) is 12.1 Å². The van der Waals surface area contributed by atoms with Crippen LogP contribution in [0.1, 0.15) is 96.8 Å². The number of hydrogen-bond donors (Lipinski definition) is 9. The third kappa shape index (κ3) is 13.0. The fourth-order valence-corrected chi connectivity index (χ4v) is 9.93. The van der Waals surface area contributed by atoms with Crippen molar-refractivity contribution in [1.82, 2.24) is 10.1 Å². The predicted octanol–water partition coefficient (Wildman–Crippen LogP) is 5.86. The number of nitrogens with zero attached hydrogens (tertiary/aromatic N) is 6. The Kier molecular flexibility index (Phi) is 21.8. The van der Waals surface area contributed by atoms with Crippen molar-refractivity contribution in [2.24, 2.45) is 0 Å². The molecule has 0 atom stereocenters. The molecule has 0 spiro atoms. The number of halogens is 6. The van der Waals surface area contributed by atoms with Gasteiger partial charge in [0.1, 0.15) is 22.3 Å². The first-order valence-electron chi connectivity index (χ1n) is 18.5. The molecule has 0 aliphatic heterocycles. The maximum atomic E-state index is 13.7. The normalized spacial score (nSPS) is 12.7. The van der Waals surface area contributed by atoms with Gasteiger partial charge in [-0.3, -0.25) is 9.59 Å². The van der Waals surface area contributed by atoms with E-state index in [2.05, 4.69) is 0 Å². The van der Waals surface area contributed by atoms with E-state index in [4.69, 9.17) is 9.68 Å². The van der Waals surface area contributed by atoms with Gasteiger partial charge >= 0.3 is 23.6 Å². The van der Waals surface area contributed by atoms with Crippen LogP contribution < -0.4 is 9.68 Å². The monoisotopic (exact) mass is 1590 g/mol. The molecule has 23 nitrogen and oxygen atoms in total. The number of alkyl halides is 2. The third-order valence-corrected chi connectivity index (χ3v) is 14.9. The zero-order valence-corrected chi connectivity index (χ0v) is 48.1. The van der Waals surface area contributed by atoms with Gasteiger partial charge in [0.25, 0.3) is 11.8 Å². The van der Waals surface area contributed by atoms with Gasteiger partial charge in [-0.2, -0.15) is 51.8 Å². The zero-order valence-electron chi connectivity index (χ0n) is 35.1. The Hall–Kier alpha value is -0.480. The van der Waals surface area contributed by atoms with Crippen LogP contribution in [0.4, 0.5) is 0 Å². The van der Waals surface area contributed by atoms with Crippen LogP contribution in [0.3, 0.4) is 0 Å². The lowest BCUT2D eigenvalue weighted by atomic mass is 10.1. The molecule has 29 heteroatoms. The Morgan fingerprint density at radius 2 is 0.750 bits per heavy atom. The van der Waals surface area contributed by atoms with E-state index in [9.17, 15) is 75.5 Å². The summed E-state index contributed by atoms with van der Waals surface area (Å²) in [6, 6.07) is -2.64. The molecule has 64 heavy (non-hydrogen) atoms. The second-order valence-corrected chi connectivity index (χ2v) is 20.9. The fourth-order valence-electron chi connectivity index (χ4n) is 4.86. The molecule has 0 heterocycles. The largest absolute Gasteiger partial charge is 0.413 e. The fraction of sp³-hybridized carbons (Fsp3) is 0.486. The summed E-state index contributed by atoms with van der Waals surface area (Å²) in [4.78, 5) is 84.3. The summed E-state index contributed by atoms with van der Waals surface area (Å²) >= 11 is 9.63. The van der Waals surface area contributed by atoms with Crippen LogP contribution in [-0.2, 0) is 9.59 Å². The van der Waals surface area contributed by atoms with Gasteiger partial charge < -0.3 is 14.8 Å². The topological polar surface area (TPSA) is 309 Å². The number of quaternary nitrogens is 4. The first-order valence-corrected chi connectivity index (χ1v) is 25.8. The standard InChI is InChI=1S/C35H48I6N6O17/c1-15(2)44(55,56)32(51)20-9-22(30(40)26(28(20)38)34(53)46(59,60)17(5)6)63-42(24(49)11-36)13-19(48)14-43(25(50)12-37)64-23-10-21(33(52)45(57,58)16(3)4)29(39)27(31(23)41)35(54)47(61,62)18(7)8/h9-10,15-19,48,55-62H,11-14H2,1-8H3/q+4. The Bertz CT molecular complexity index is 2010. The molecule has 2 rings (SSSR count). The van der Waals surface area contributed by atoms with Crippen LogP contribution in [-0.4, -0.2) is 164 Å². The molecule has 0 bridgehead atoms.